The highest BCUT2D eigenvalue weighted by Crippen LogP contribution is 2.26. The first kappa shape index (κ1) is 19.8. The fourth-order valence-electron chi connectivity index (χ4n) is 2.87. The molecule has 2 aromatic heterocycles. The third kappa shape index (κ3) is 4.55. The van der Waals surface area contributed by atoms with E-state index in [0.717, 1.165) is 11.1 Å². The Labute approximate surface area is 174 Å². The van der Waals surface area contributed by atoms with Gasteiger partial charge in [0.25, 0.3) is 15.9 Å². The molecule has 0 aliphatic heterocycles. The zero-order valence-electron chi connectivity index (χ0n) is 16.3. The first-order valence-corrected chi connectivity index (χ1v) is 10.9. The molecule has 0 amide bonds. The molecule has 152 valence electrons. The van der Waals surface area contributed by atoms with Crippen LogP contribution in [0, 0.1) is 6.92 Å². The Hall–Kier alpha value is -3.52. The zero-order chi connectivity index (χ0) is 21.0. The Bertz CT molecular complexity index is 1260. The van der Waals surface area contributed by atoms with Crippen LogP contribution in [0.5, 0.6) is 5.88 Å². The van der Waals surface area contributed by atoms with Gasteiger partial charge in [-0.15, -0.1) is 0 Å². The number of hydrogen-bond acceptors (Lipinski definition) is 6. The van der Waals surface area contributed by atoms with Gasteiger partial charge in [0.1, 0.15) is 0 Å². The number of nitrogens with one attached hydrogen (secondary N) is 1. The molecule has 0 fully saturated rings. The molecule has 2 aromatic carbocycles. The van der Waals surface area contributed by atoms with E-state index in [1.54, 1.807) is 48.8 Å². The van der Waals surface area contributed by atoms with Crippen LogP contribution in [0.3, 0.4) is 0 Å². The highest BCUT2D eigenvalue weighted by atomic mass is 32.2. The van der Waals surface area contributed by atoms with Gasteiger partial charge in [0.15, 0.2) is 0 Å². The van der Waals surface area contributed by atoms with Crippen LogP contribution < -0.4 is 9.46 Å². The van der Waals surface area contributed by atoms with Crippen molar-refractivity contribution >= 4 is 26.9 Å². The first-order valence-electron chi connectivity index (χ1n) is 9.39. The molecular formula is C22H20N4O3S. The van der Waals surface area contributed by atoms with Crippen LogP contribution in [0.2, 0.25) is 0 Å². The van der Waals surface area contributed by atoms with Crippen LogP contribution >= 0.6 is 0 Å². The van der Waals surface area contributed by atoms with Crippen molar-refractivity contribution in [2.75, 3.05) is 11.3 Å². The van der Waals surface area contributed by atoms with Crippen LogP contribution in [0.1, 0.15) is 11.1 Å². The number of fused-ring (bicyclic) bond motifs is 1. The molecule has 7 nitrogen and oxygen atoms in total. The lowest BCUT2D eigenvalue weighted by Gasteiger charge is -2.13. The third-order valence-electron chi connectivity index (χ3n) is 4.48. The fourth-order valence-corrected chi connectivity index (χ4v) is 3.87. The van der Waals surface area contributed by atoms with Gasteiger partial charge >= 0.3 is 0 Å². The minimum Gasteiger partial charge on any atom is -0.475 e. The fraction of sp³-hybridized carbons (Fsp3) is 0.136. The molecule has 30 heavy (non-hydrogen) atoms. The third-order valence-corrected chi connectivity index (χ3v) is 5.83. The van der Waals surface area contributed by atoms with E-state index in [-0.39, 0.29) is 16.6 Å². The molecule has 0 aliphatic rings. The van der Waals surface area contributed by atoms with Gasteiger partial charge in [0, 0.05) is 18.8 Å². The van der Waals surface area contributed by atoms with Gasteiger partial charge in [-0.2, -0.15) is 0 Å². The summed E-state index contributed by atoms with van der Waals surface area (Å²) in [4.78, 5) is 13.1. The maximum absolute atomic E-state index is 12.9. The Balaban J connectivity index is 1.63. The number of aryl methyl sites for hydroxylation is 1. The number of anilines is 1. The Kier molecular flexibility index (Phi) is 5.58. The second-order valence-corrected chi connectivity index (χ2v) is 8.42. The SMILES string of the molecule is Cc1ccc(S(=O)(=O)Nc2nc3ccccc3nc2OCCc2ccncc2)cc1. The number of sulfonamides is 1. The van der Waals surface area contributed by atoms with E-state index in [4.69, 9.17) is 4.74 Å². The van der Waals surface area contributed by atoms with Crippen molar-refractivity contribution in [1.82, 2.24) is 15.0 Å². The Morgan fingerprint density at radius 2 is 1.57 bits per heavy atom. The van der Waals surface area contributed by atoms with E-state index in [0.29, 0.717) is 24.1 Å². The summed E-state index contributed by atoms with van der Waals surface area (Å²) < 4.78 is 34.1. The molecule has 0 unspecified atom stereocenters. The normalized spacial score (nSPS) is 11.4. The van der Waals surface area contributed by atoms with E-state index in [1.807, 2.05) is 31.2 Å². The highest BCUT2D eigenvalue weighted by Gasteiger charge is 2.19. The summed E-state index contributed by atoms with van der Waals surface area (Å²) in [5, 5.41) is 0. The van der Waals surface area contributed by atoms with Gasteiger partial charge in [0.05, 0.1) is 22.5 Å². The predicted octanol–water partition coefficient (Wildman–Crippen LogP) is 3.76. The van der Waals surface area contributed by atoms with E-state index in [9.17, 15) is 8.42 Å². The summed E-state index contributed by atoms with van der Waals surface area (Å²) >= 11 is 0. The molecule has 0 spiro atoms. The molecule has 0 saturated carbocycles. The Morgan fingerprint density at radius 3 is 2.27 bits per heavy atom. The maximum Gasteiger partial charge on any atom is 0.263 e. The average molecular weight is 420 g/mol. The van der Waals surface area contributed by atoms with Gasteiger partial charge < -0.3 is 4.74 Å². The molecule has 0 radical (unpaired) electrons. The van der Waals surface area contributed by atoms with Gasteiger partial charge in [-0.1, -0.05) is 29.8 Å². The summed E-state index contributed by atoms with van der Waals surface area (Å²) in [6.07, 6.45) is 4.06. The second kappa shape index (κ2) is 8.46. The number of hydrogen-bond donors (Lipinski definition) is 1. The quantitative estimate of drug-likeness (QED) is 0.489. The average Bonchev–Trinajstić information content (AvgIpc) is 2.75. The van der Waals surface area contributed by atoms with Crippen molar-refractivity contribution in [3.8, 4) is 5.88 Å². The minimum absolute atomic E-state index is 0.0593. The molecule has 4 rings (SSSR count). The predicted molar refractivity (Wildman–Crippen MR) is 115 cm³/mol. The first-order chi connectivity index (χ1) is 14.5. The number of para-hydroxylation sites is 2. The lowest BCUT2D eigenvalue weighted by Crippen LogP contribution is -2.16. The second-order valence-electron chi connectivity index (χ2n) is 6.74. The van der Waals surface area contributed by atoms with Crippen molar-refractivity contribution in [2.45, 2.75) is 18.2 Å². The lowest BCUT2D eigenvalue weighted by atomic mass is 10.2. The smallest absolute Gasteiger partial charge is 0.263 e. The van der Waals surface area contributed by atoms with Gasteiger partial charge in [-0.25, -0.2) is 18.4 Å². The molecule has 0 atom stereocenters. The number of aromatic nitrogens is 3. The molecular weight excluding hydrogens is 400 g/mol. The summed E-state index contributed by atoms with van der Waals surface area (Å²) in [5.74, 6) is 0.197. The highest BCUT2D eigenvalue weighted by molar-refractivity contribution is 7.92. The number of rotatable bonds is 7. The lowest BCUT2D eigenvalue weighted by molar-refractivity contribution is 0.311. The van der Waals surface area contributed by atoms with Crippen molar-refractivity contribution in [2.24, 2.45) is 0 Å². The van der Waals surface area contributed by atoms with Crippen molar-refractivity contribution in [3.63, 3.8) is 0 Å². The maximum atomic E-state index is 12.9. The van der Waals surface area contributed by atoms with Gasteiger partial charge in [0.2, 0.25) is 5.82 Å². The van der Waals surface area contributed by atoms with Crippen LogP contribution in [0.25, 0.3) is 11.0 Å². The van der Waals surface area contributed by atoms with Crippen LogP contribution in [-0.2, 0) is 16.4 Å². The van der Waals surface area contributed by atoms with E-state index < -0.39 is 10.0 Å². The molecule has 2 heterocycles. The Morgan fingerprint density at radius 1 is 0.900 bits per heavy atom. The molecule has 0 aliphatic carbocycles. The number of ether oxygens (including phenoxy) is 1. The van der Waals surface area contributed by atoms with Crippen molar-refractivity contribution in [1.29, 1.82) is 0 Å². The summed E-state index contributed by atoms with van der Waals surface area (Å²) in [5.41, 5.74) is 3.22. The topological polar surface area (TPSA) is 94.1 Å². The van der Waals surface area contributed by atoms with E-state index >= 15 is 0 Å². The van der Waals surface area contributed by atoms with Crippen molar-refractivity contribution < 1.29 is 13.2 Å². The van der Waals surface area contributed by atoms with Crippen LogP contribution in [0.15, 0.2) is 78.0 Å². The van der Waals surface area contributed by atoms with Gasteiger partial charge in [-0.05, 0) is 48.9 Å². The number of nitrogens with zero attached hydrogens (tertiary/aromatic N) is 3. The zero-order valence-corrected chi connectivity index (χ0v) is 17.1. The van der Waals surface area contributed by atoms with E-state index in [1.165, 1.54) is 0 Å². The monoisotopic (exact) mass is 420 g/mol. The largest absolute Gasteiger partial charge is 0.475 e. The molecule has 0 bridgehead atoms. The minimum atomic E-state index is -3.84. The number of pyridine rings is 1. The standard InChI is InChI=1S/C22H20N4O3S/c1-16-6-8-18(9-7-16)30(27,28)26-21-22(25-20-5-3-2-4-19(20)24-21)29-15-12-17-10-13-23-14-11-17/h2-11,13-14H,12,15H2,1H3,(H,24,26). The summed E-state index contributed by atoms with van der Waals surface area (Å²) in [6, 6.07) is 17.6. The molecule has 0 saturated heterocycles. The summed E-state index contributed by atoms with van der Waals surface area (Å²) in [7, 11) is -3.84. The number of benzene rings is 2. The van der Waals surface area contributed by atoms with Gasteiger partial charge in [-0.3, -0.25) is 9.71 Å². The summed E-state index contributed by atoms with van der Waals surface area (Å²) in [6.45, 7) is 2.21. The molecule has 4 aromatic rings. The molecule has 8 heteroatoms. The van der Waals surface area contributed by atoms with Crippen LogP contribution in [0.4, 0.5) is 5.82 Å². The molecule has 1 N–H and O–H groups in total. The van der Waals surface area contributed by atoms with Crippen molar-refractivity contribution in [3.05, 3.63) is 84.2 Å². The van der Waals surface area contributed by atoms with E-state index in [2.05, 4.69) is 19.7 Å². The van der Waals surface area contributed by atoms with Crippen LogP contribution in [-0.4, -0.2) is 30.0 Å².